The summed E-state index contributed by atoms with van der Waals surface area (Å²) < 4.78 is 17.9. The van der Waals surface area contributed by atoms with E-state index in [0.29, 0.717) is 18.4 Å². The monoisotopic (exact) mass is 400 g/mol. The maximum Gasteiger partial charge on any atom is 0.328 e. The van der Waals surface area contributed by atoms with Crippen LogP contribution in [-0.2, 0) is 32.0 Å². The fraction of sp³-hybridized carbons (Fsp3) is 0.318. The Balaban J connectivity index is 2.08. The van der Waals surface area contributed by atoms with E-state index in [0.717, 1.165) is 5.56 Å². The summed E-state index contributed by atoms with van der Waals surface area (Å²) in [5.74, 6) is -1.84. The predicted octanol–water partition coefficient (Wildman–Crippen LogP) is 2.16. The quantitative estimate of drug-likeness (QED) is 0.632. The minimum Gasteiger partial charge on any atom is -0.467 e. The second kappa shape index (κ2) is 10.9. The average Bonchev–Trinajstić information content (AvgIpc) is 2.71. The highest BCUT2D eigenvalue weighted by Gasteiger charge is 2.27. The first kappa shape index (κ1) is 22.1. The molecule has 0 spiro atoms. The average molecular weight is 400 g/mol. The summed E-state index contributed by atoms with van der Waals surface area (Å²) in [6.45, 7) is 1.30. The lowest BCUT2D eigenvalue weighted by molar-refractivity contribution is -0.145. The van der Waals surface area contributed by atoms with Crippen molar-refractivity contribution in [2.75, 3.05) is 7.11 Å². The molecular weight excluding hydrogens is 375 g/mol. The van der Waals surface area contributed by atoms with E-state index in [2.05, 4.69) is 10.6 Å². The maximum absolute atomic E-state index is 13.1. The number of benzene rings is 2. The SMILES string of the molecule is COC(=O)[C@H](CCc1ccccc1)NC(=O)[C@@H](Cc1ccc(F)cc1)NC(C)=O. The molecule has 2 aromatic rings. The number of ether oxygens (including phenoxy) is 1. The summed E-state index contributed by atoms with van der Waals surface area (Å²) in [4.78, 5) is 36.5. The molecule has 7 heteroatoms. The first-order chi connectivity index (χ1) is 13.9. The van der Waals surface area contributed by atoms with Crippen LogP contribution >= 0.6 is 0 Å². The minimum absolute atomic E-state index is 0.165. The van der Waals surface area contributed by atoms with Gasteiger partial charge in [0.25, 0.3) is 0 Å². The number of methoxy groups -OCH3 is 1. The molecule has 0 saturated heterocycles. The molecule has 0 aliphatic heterocycles. The Hall–Kier alpha value is -3.22. The Labute approximate surface area is 169 Å². The summed E-state index contributed by atoms with van der Waals surface area (Å²) in [6.07, 6.45) is 1.09. The Morgan fingerprint density at radius 3 is 2.17 bits per heavy atom. The summed E-state index contributed by atoms with van der Waals surface area (Å²) in [5, 5.41) is 5.25. The van der Waals surface area contributed by atoms with Gasteiger partial charge in [-0.3, -0.25) is 9.59 Å². The summed E-state index contributed by atoms with van der Waals surface area (Å²) in [6, 6.07) is 13.5. The number of esters is 1. The predicted molar refractivity (Wildman–Crippen MR) is 106 cm³/mol. The molecule has 0 fully saturated rings. The number of rotatable bonds is 9. The Morgan fingerprint density at radius 2 is 1.59 bits per heavy atom. The molecule has 0 aromatic heterocycles. The van der Waals surface area contributed by atoms with Crippen LogP contribution in [0.25, 0.3) is 0 Å². The van der Waals surface area contributed by atoms with Gasteiger partial charge < -0.3 is 15.4 Å². The fourth-order valence-corrected chi connectivity index (χ4v) is 2.93. The second-order valence-corrected chi connectivity index (χ2v) is 6.69. The van der Waals surface area contributed by atoms with Gasteiger partial charge in [0.1, 0.15) is 17.9 Å². The third-order valence-corrected chi connectivity index (χ3v) is 4.41. The third-order valence-electron chi connectivity index (χ3n) is 4.41. The molecule has 0 saturated carbocycles. The van der Waals surface area contributed by atoms with Crippen molar-refractivity contribution in [3.05, 3.63) is 71.5 Å². The van der Waals surface area contributed by atoms with Crippen LogP contribution in [0.2, 0.25) is 0 Å². The van der Waals surface area contributed by atoms with Crippen molar-refractivity contribution < 1.29 is 23.5 Å². The van der Waals surface area contributed by atoms with Crippen LogP contribution in [0.1, 0.15) is 24.5 Å². The standard InChI is InChI=1S/C22H25FN2O4/c1-15(26)24-20(14-17-8-11-18(23)12-9-17)21(27)25-19(22(28)29-2)13-10-16-6-4-3-5-7-16/h3-9,11-12,19-20H,10,13-14H2,1-2H3,(H,24,26)(H,25,27)/t19-,20+/m0/s1. The zero-order valence-corrected chi connectivity index (χ0v) is 16.5. The lowest BCUT2D eigenvalue weighted by atomic mass is 10.0. The van der Waals surface area contributed by atoms with Gasteiger partial charge in [-0.05, 0) is 36.1 Å². The smallest absolute Gasteiger partial charge is 0.328 e. The zero-order chi connectivity index (χ0) is 21.2. The highest BCUT2D eigenvalue weighted by Crippen LogP contribution is 2.09. The van der Waals surface area contributed by atoms with Crippen LogP contribution in [0.3, 0.4) is 0 Å². The highest BCUT2D eigenvalue weighted by molar-refractivity contribution is 5.90. The Morgan fingerprint density at radius 1 is 0.931 bits per heavy atom. The van der Waals surface area contributed by atoms with Crippen LogP contribution in [0.4, 0.5) is 4.39 Å². The third kappa shape index (κ3) is 7.37. The topological polar surface area (TPSA) is 84.5 Å². The van der Waals surface area contributed by atoms with Gasteiger partial charge in [-0.1, -0.05) is 42.5 Å². The van der Waals surface area contributed by atoms with E-state index < -0.39 is 24.0 Å². The number of carbonyl (C=O) groups excluding carboxylic acids is 3. The molecule has 0 aliphatic rings. The number of nitrogens with one attached hydrogen (secondary N) is 2. The van der Waals surface area contributed by atoms with Crippen molar-refractivity contribution in [3.8, 4) is 0 Å². The van der Waals surface area contributed by atoms with Crippen LogP contribution in [0.5, 0.6) is 0 Å². The van der Waals surface area contributed by atoms with Gasteiger partial charge in [0, 0.05) is 13.3 Å². The van der Waals surface area contributed by atoms with E-state index in [4.69, 9.17) is 4.74 Å². The minimum atomic E-state index is -0.901. The van der Waals surface area contributed by atoms with Crippen LogP contribution < -0.4 is 10.6 Å². The molecule has 0 aliphatic carbocycles. The largest absolute Gasteiger partial charge is 0.467 e. The van der Waals surface area contributed by atoms with Gasteiger partial charge >= 0.3 is 5.97 Å². The molecule has 0 unspecified atom stereocenters. The maximum atomic E-state index is 13.1. The van der Waals surface area contributed by atoms with Gasteiger partial charge in [-0.2, -0.15) is 0 Å². The summed E-state index contributed by atoms with van der Waals surface area (Å²) >= 11 is 0. The molecule has 154 valence electrons. The van der Waals surface area contributed by atoms with Crippen molar-refractivity contribution in [2.45, 2.75) is 38.3 Å². The van der Waals surface area contributed by atoms with E-state index in [1.165, 1.54) is 26.2 Å². The van der Waals surface area contributed by atoms with E-state index in [1.807, 2.05) is 30.3 Å². The van der Waals surface area contributed by atoms with Crippen molar-refractivity contribution in [3.63, 3.8) is 0 Å². The fourth-order valence-electron chi connectivity index (χ4n) is 2.93. The van der Waals surface area contributed by atoms with Crippen molar-refractivity contribution in [2.24, 2.45) is 0 Å². The molecule has 0 heterocycles. The number of halogens is 1. The molecule has 0 bridgehead atoms. The van der Waals surface area contributed by atoms with Crippen molar-refractivity contribution in [1.29, 1.82) is 0 Å². The number of hydrogen-bond donors (Lipinski definition) is 2. The number of carbonyl (C=O) groups is 3. The molecule has 29 heavy (non-hydrogen) atoms. The summed E-state index contributed by atoms with van der Waals surface area (Å²) in [5.41, 5.74) is 1.71. The van der Waals surface area contributed by atoms with Crippen molar-refractivity contribution in [1.82, 2.24) is 10.6 Å². The van der Waals surface area contributed by atoms with E-state index in [9.17, 15) is 18.8 Å². The molecule has 0 radical (unpaired) electrons. The van der Waals surface area contributed by atoms with Crippen LogP contribution in [0.15, 0.2) is 54.6 Å². The van der Waals surface area contributed by atoms with Gasteiger partial charge in [-0.15, -0.1) is 0 Å². The van der Waals surface area contributed by atoms with E-state index >= 15 is 0 Å². The number of hydrogen-bond acceptors (Lipinski definition) is 4. The van der Waals surface area contributed by atoms with Gasteiger partial charge in [0.05, 0.1) is 7.11 Å². The zero-order valence-electron chi connectivity index (χ0n) is 16.5. The van der Waals surface area contributed by atoms with Gasteiger partial charge in [-0.25, -0.2) is 9.18 Å². The van der Waals surface area contributed by atoms with Crippen LogP contribution in [0, 0.1) is 5.82 Å². The van der Waals surface area contributed by atoms with Crippen LogP contribution in [-0.4, -0.2) is 37.0 Å². The summed E-state index contributed by atoms with van der Waals surface area (Å²) in [7, 11) is 1.26. The highest BCUT2D eigenvalue weighted by atomic mass is 19.1. The van der Waals surface area contributed by atoms with E-state index in [1.54, 1.807) is 12.1 Å². The normalized spacial score (nSPS) is 12.5. The molecule has 2 rings (SSSR count). The number of aryl methyl sites for hydroxylation is 1. The van der Waals surface area contributed by atoms with Crippen molar-refractivity contribution >= 4 is 17.8 Å². The van der Waals surface area contributed by atoms with E-state index in [-0.39, 0.29) is 18.1 Å². The molecule has 2 aromatic carbocycles. The lowest BCUT2D eigenvalue weighted by Gasteiger charge is -2.22. The molecule has 2 atom stereocenters. The first-order valence-electron chi connectivity index (χ1n) is 9.32. The second-order valence-electron chi connectivity index (χ2n) is 6.69. The Kier molecular flexibility index (Phi) is 8.33. The first-order valence-corrected chi connectivity index (χ1v) is 9.32. The molecule has 2 N–H and O–H groups in total. The molecular formula is C22H25FN2O4. The Bertz CT molecular complexity index is 824. The number of amides is 2. The molecule has 6 nitrogen and oxygen atoms in total. The van der Waals surface area contributed by atoms with Gasteiger partial charge in [0.2, 0.25) is 11.8 Å². The van der Waals surface area contributed by atoms with Gasteiger partial charge in [0.15, 0.2) is 0 Å². The lowest BCUT2D eigenvalue weighted by Crippen LogP contribution is -2.52. The molecule has 2 amide bonds.